The van der Waals surface area contributed by atoms with E-state index >= 15 is 0 Å². The first-order chi connectivity index (χ1) is 39.6. The van der Waals surface area contributed by atoms with Crippen molar-refractivity contribution in [3.8, 4) is 0 Å². The Bertz CT molecular complexity index is 3430. The molecule has 12 rings (SSSR count). The average molecular weight is 1100 g/mol. The number of rotatable bonds is 16. The summed E-state index contributed by atoms with van der Waals surface area (Å²) in [5.74, 6) is 1.17. The van der Waals surface area contributed by atoms with Crippen LogP contribution in [0.3, 0.4) is 0 Å². The number of hydrogen-bond donors (Lipinski definition) is 7. The number of amides is 6. The zero-order valence-corrected chi connectivity index (χ0v) is 45.3. The van der Waals surface area contributed by atoms with Crippen LogP contribution in [-0.2, 0) is 58.5 Å². The minimum absolute atomic E-state index is 0.132. The highest BCUT2D eigenvalue weighted by Crippen LogP contribution is 2.35. The van der Waals surface area contributed by atoms with Gasteiger partial charge >= 0.3 is 18.1 Å². The van der Waals surface area contributed by atoms with Crippen LogP contribution in [-0.4, -0.2) is 81.2 Å². The number of halogens is 1. The molecule has 6 amide bonds. The summed E-state index contributed by atoms with van der Waals surface area (Å²) in [6.07, 6.45) is 18.0. The number of furan rings is 2. The summed E-state index contributed by atoms with van der Waals surface area (Å²) in [5.41, 5.74) is 13.9. The molecule has 9 aromatic rings. The lowest BCUT2D eigenvalue weighted by Crippen LogP contribution is -2.39. The second-order valence-corrected chi connectivity index (χ2v) is 19.8. The molecule has 0 atom stereocenters. The van der Waals surface area contributed by atoms with Gasteiger partial charge in [-0.1, -0.05) is 30.3 Å². The molecule has 0 radical (unpaired) electrons. The molecule has 0 spiro atoms. The molecule has 0 unspecified atom stereocenters. The standard InChI is InChI=1S/C21H22FN5O.C20H23N5O2.C19H21N5O2/c22-17-6-3-15(4-7-17)11-24-21(28)26-18-8-5-16-2-1-9-27(20(16)10-18)13-19-12-23-14-25-19;1-2-25(20(26)22-12-18-4-3-9-27-18)17-6-5-15-7-8-24(19(15)10-17)13-16-11-21-14-23-16;1-23(19(25)21-11-17-3-2-8-26-17)16-5-4-14-6-7-24(18(14)9-16)12-15-10-20-13-22-15/h3-8,10,12,14H,1-2,9,11,13H2,(H,23,25)(H2,24,26,28);3-6,9-11,14H,2,7-8,12-13H2,1H3,(H,21,23)(H,22,26);2-5,8-10,13H,6-7,11-12H2,1H3,(H,20,22)(H,21,25). The first-order valence-electron chi connectivity index (χ1n) is 27.1. The van der Waals surface area contributed by atoms with E-state index in [9.17, 15) is 18.8 Å². The Morgan fingerprint density at radius 2 is 1.11 bits per heavy atom. The molecular formula is C60H66FN15O5. The van der Waals surface area contributed by atoms with Crippen LogP contribution < -0.4 is 45.8 Å². The summed E-state index contributed by atoms with van der Waals surface area (Å²) in [5, 5.41) is 11.5. The molecule has 0 aliphatic carbocycles. The maximum absolute atomic E-state index is 13.0. The minimum Gasteiger partial charge on any atom is -0.467 e. The van der Waals surface area contributed by atoms with E-state index in [4.69, 9.17) is 8.83 Å². The molecular weight excluding hydrogens is 1030 g/mol. The van der Waals surface area contributed by atoms with E-state index in [1.165, 1.54) is 40.2 Å². The third kappa shape index (κ3) is 14.3. The average Bonchev–Trinajstić information content (AvgIpc) is 4.52. The first-order valence-corrected chi connectivity index (χ1v) is 27.1. The number of aromatic nitrogens is 6. The zero-order valence-electron chi connectivity index (χ0n) is 45.3. The van der Waals surface area contributed by atoms with Gasteiger partial charge in [-0.05, 0) is 128 Å². The molecule has 0 fully saturated rings. The van der Waals surface area contributed by atoms with E-state index in [1.807, 2.05) is 68.0 Å². The number of carbonyl (C=O) groups is 3. The first kappa shape index (κ1) is 54.6. The molecule has 3 aliphatic rings. The van der Waals surface area contributed by atoms with Gasteiger partial charge in [0.1, 0.15) is 17.3 Å². The van der Waals surface area contributed by atoms with E-state index < -0.39 is 0 Å². The Kier molecular flexibility index (Phi) is 17.7. The summed E-state index contributed by atoms with van der Waals surface area (Å²) < 4.78 is 23.5. The third-order valence-electron chi connectivity index (χ3n) is 14.3. The number of H-pyrrole nitrogens is 3. The smallest absolute Gasteiger partial charge is 0.322 e. The number of imidazole rings is 3. The molecule has 4 aromatic carbocycles. The Labute approximate surface area is 468 Å². The molecule has 8 heterocycles. The Morgan fingerprint density at radius 3 is 1.65 bits per heavy atom. The number of hydrogen-bond acceptors (Lipinski definition) is 11. The van der Waals surface area contributed by atoms with Gasteiger partial charge in [-0.2, -0.15) is 0 Å². The SMILES string of the molecule is CCN(C(=O)NCc1ccco1)c1ccc2c(c1)N(Cc1cnc[nH]1)CC2.CN(C(=O)NCc1ccco1)c1ccc2c(c1)N(Cc1cnc[nH]1)CC2.O=C(NCc1ccc(F)cc1)Nc1ccc2c(c1)N(Cc1cnc[nH]1)CCC2. The Balaban J connectivity index is 0.000000136. The summed E-state index contributed by atoms with van der Waals surface area (Å²) in [7, 11) is 1.77. The number of benzene rings is 4. The number of anilines is 6. The largest absolute Gasteiger partial charge is 0.467 e. The van der Waals surface area contributed by atoms with Crippen molar-refractivity contribution in [2.75, 3.05) is 63.0 Å². The number of nitrogens with one attached hydrogen (secondary N) is 7. The molecule has 20 nitrogen and oxygen atoms in total. The zero-order chi connectivity index (χ0) is 55.9. The Hall–Kier alpha value is -9.79. The highest BCUT2D eigenvalue weighted by molar-refractivity contribution is 5.93. The lowest BCUT2D eigenvalue weighted by atomic mass is 10.0. The predicted octanol–water partition coefficient (Wildman–Crippen LogP) is 10.0. The van der Waals surface area contributed by atoms with E-state index in [0.29, 0.717) is 26.2 Å². The monoisotopic (exact) mass is 1100 g/mol. The maximum Gasteiger partial charge on any atom is 0.322 e. The second-order valence-electron chi connectivity index (χ2n) is 19.8. The molecule has 0 saturated heterocycles. The fourth-order valence-electron chi connectivity index (χ4n) is 10.1. The number of urea groups is 3. The van der Waals surface area contributed by atoms with E-state index in [0.717, 1.165) is 122 Å². The quantitative estimate of drug-likeness (QED) is 0.0482. The van der Waals surface area contributed by atoms with Crippen molar-refractivity contribution in [3.05, 3.63) is 210 Å². The van der Waals surface area contributed by atoms with Gasteiger partial charge in [0.2, 0.25) is 0 Å². The van der Waals surface area contributed by atoms with Crippen LogP contribution in [0.5, 0.6) is 0 Å². The van der Waals surface area contributed by atoms with E-state index in [2.05, 4.69) is 96.2 Å². The van der Waals surface area contributed by atoms with Gasteiger partial charge in [-0.15, -0.1) is 0 Å². The summed E-state index contributed by atoms with van der Waals surface area (Å²) in [6, 6.07) is 31.2. The van der Waals surface area contributed by atoms with E-state index in [1.54, 1.807) is 66.6 Å². The fourth-order valence-corrected chi connectivity index (χ4v) is 10.1. The third-order valence-corrected chi connectivity index (χ3v) is 14.3. The number of fused-ring (bicyclic) bond motifs is 3. The minimum atomic E-state index is -0.291. The molecule has 0 saturated carbocycles. The normalized spacial score (nSPS) is 13.0. The van der Waals surface area contributed by atoms with Crippen LogP contribution in [0.2, 0.25) is 0 Å². The van der Waals surface area contributed by atoms with Crippen LogP contribution in [0.1, 0.15) is 64.2 Å². The molecule has 21 heteroatoms. The van der Waals surface area contributed by atoms with Gasteiger partial charge in [0.15, 0.2) is 0 Å². The van der Waals surface area contributed by atoms with Crippen molar-refractivity contribution in [3.63, 3.8) is 0 Å². The molecule has 0 bridgehead atoms. The summed E-state index contributed by atoms with van der Waals surface area (Å²) in [6.45, 7) is 8.86. The van der Waals surface area contributed by atoms with Gasteiger partial charge in [0.05, 0.1) is 81.3 Å². The van der Waals surface area contributed by atoms with Gasteiger partial charge < -0.3 is 59.8 Å². The summed E-state index contributed by atoms with van der Waals surface area (Å²) in [4.78, 5) is 69.3. The maximum atomic E-state index is 13.0. The number of nitrogens with zero attached hydrogens (tertiary/aromatic N) is 8. The van der Waals surface area contributed by atoms with Crippen LogP contribution in [0.15, 0.2) is 162 Å². The van der Waals surface area contributed by atoms with Crippen LogP contribution in [0.25, 0.3) is 0 Å². The lowest BCUT2D eigenvalue weighted by molar-refractivity contribution is 0.245. The van der Waals surface area contributed by atoms with Gasteiger partial charge in [0.25, 0.3) is 0 Å². The van der Waals surface area contributed by atoms with Crippen LogP contribution >= 0.6 is 0 Å². The van der Waals surface area contributed by atoms with Crippen LogP contribution in [0.4, 0.5) is 52.9 Å². The molecule has 418 valence electrons. The van der Waals surface area contributed by atoms with Crippen molar-refractivity contribution in [1.29, 1.82) is 0 Å². The lowest BCUT2D eigenvalue weighted by Gasteiger charge is -2.31. The van der Waals surface area contributed by atoms with Crippen molar-refractivity contribution in [1.82, 2.24) is 45.9 Å². The molecule has 5 aromatic heterocycles. The van der Waals surface area contributed by atoms with Crippen LogP contribution in [0, 0.1) is 5.82 Å². The Morgan fingerprint density at radius 1 is 0.593 bits per heavy atom. The number of aryl methyl sites for hydroxylation is 1. The highest BCUT2D eigenvalue weighted by Gasteiger charge is 2.25. The fraction of sp³-hybridized carbons (Fsp3) is 0.267. The van der Waals surface area contributed by atoms with Gasteiger partial charge in [-0.25, -0.2) is 33.7 Å². The van der Waals surface area contributed by atoms with Crippen molar-refractivity contribution in [2.24, 2.45) is 0 Å². The summed E-state index contributed by atoms with van der Waals surface area (Å²) >= 11 is 0. The highest BCUT2D eigenvalue weighted by atomic mass is 19.1. The predicted molar refractivity (Wildman–Crippen MR) is 310 cm³/mol. The number of carbonyl (C=O) groups excluding carboxylic acids is 3. The van der Waals surface area contributed by atoms with Gasteiger partial charge in [0, 0.05) is 92.5 Å². The molecule has 3 aliphatic heterocycles. The second kappa shape index (κ2) is 26.2. The van der Waals surface area contributed by atoms with Gasteiger partial charge in [-0.3, -0.25) is 9.80 Å². The van der Waals surface area contributed by atoms with Crippen molar-refractivity contribution in [2.45, 2.75) is 71.9 Å². The van der Waals surface area contributed by atoms with Crippen molar-refractivity contribution >= 4 is 52.2 Å². The van der Waals surface area contributed by atoms with E-state index in [-0.39, 0.29) is 23.9 Å². The molecule has 81 heavy (non-hydrogen) atoms. The number of aromatic amines is 3. The topological polar surface area (TPSA) is 228 Å². The molecule has 7 N–H and O–H groups in total. The van der Waals surface area contributed by atoms with Crippen molar-refractivity contribution < 1.29 is 27.6 Å².